The van der Waals surface area contributed by atoms with Crippen LogP contribution in [0.3, 0.4) is 0 Å². The number of H-pyrrole nitrogens is 2. The number of piperazine rings is 1. The maximum absolute atomic E-state index is 12.3. The van der Waals surface area contributed by atoms with Crippen LogP contribution in [0.5, 0.6) is 5.75 Å². The number of benzene rings is 1. The molecule has 0 bridgehead atoms. The van der Waals surface area contributed by atoms with Gasteiger partial charge in [-0.3, -0.25) is 14.7 Å². The van der Waals surface area contributed by atoms with Crippen molar-refractivity contribution in [3.05, 3.63) is 45.1 Å². The van der Waals surface area contributed by atoms with Gasteiger partial charge in [0.15, 0.2) is 0 Å². The molecule has 0 unspecified atom stereocenters. The number of rotatable bonds is 7. The number of aromatic nitrogens is 3. The van der Waals surface area contributed by atoms with Gasteiger partial charge >= 0.3 is 5.69 Å². The molecule has 2 heterocycles. The number of aromatic amines is 2. The molecule has 146 valence electrons. The third-order valence-corrected chi connectivity index (χ3v) is 4.89. The van der Waals surface area contributed by atoms with Crippen molar-refractivity contribution in [3.8, 4) is 5.75 Å². The number of amides is 1. The Morgan fingerprint density at radius 1 is 1.30 bits per heavy atom. The Balaban J connectivity index is 1.35. The molecule has 1 aliphatic rings. The monoisotopic (exact) mass is 393 g/mol. The van der Waals surface area contributed by atoms with Gasteiger partial charge in [0.05, 0.1) is 0 Å². The van der Waals surface area contributed by atoms with Crippen molar-refractivity contribution in [1.29, 1.82) is 0 Å². The lowest BCUT2D eigenvalue weighted by atomic mass is 10.2. The predicted octanol–water partition coefficient (Wildman–Crippen LogP) is 1.22. The van der Waals surface area contributed by atoms with E-state index >= 15 is 0 Å². The molecule has 0 atom stereocenters. The van der Waals surface area contributed by atoms with E-state index in [9.17, 15) is 9.59 Å². The highest BCUT2D eigenvalue weighted by Crippen LogP contribution is 2.21. The van der Waals surface area contributed by atoms with Crippen LogP contribution in [0.1, 0.15) is 17.8 Å². The minimum Gasteiger partial charge on any atom is -0.492 e. The normalized spacial score (nSPS) is 15.1. The van der Waals surface area contributed by atoms with Gasteiger partial charge in [-0.25, -0.2) is 9.89 Å². The number of hydrogen-bond acceptors (Lipinski definition) is 5. The van der Waals surface area contributed by atoms with Crippen LogP contribution in [0, 0.1) is 6.92 Å². The van der Waals surface area contributed by atoms with E-state index in [1.165, 1.54) is 0 Å². The zero-order valence-electron chi connectivity index (χ0n) is 15.3. The fourth-order valence-corrected chi connectivity index (χ4v) is 3.31. The van der Waals surface area contributed by atoms with E-state index in [2.05, 4.69) is 20.1 Å². The molecule has 2 N–H and O–H groups in total. The first-order chi connectivity index (χ1) is 13.0. The Labute approximate surface area is 162 Å². The summed E-state index contributed by atoms with van der Waals surface area (Å²) in [7, 11) is 0. The average molecular weight is 394 g/mol. The lowest BCUT2D eigenvalue weighted by molar-refractivity contribution is -0.132. The van der Waals surface area contributed by atoms with E-state index in [-0.39, 0.29) is 11.6 Å². The van der Waals surface area contributed by atoms with E-state index < -0.39 is 0 Å². The largest absolute Gasteiger partial charge is 0.492 e. The molecule has 1 saturated heterocycles. The van der Waals surface area contributed by atoms with Crippen LogP contribution in [0.15, 0.2) is 23.0 Å². The van der Waals surface area contributed by atoms with Crippen LogP contribution in [0.2, 0.25) is 5.02 Å². The minimum absolute atomic E-state index is 0.0894. The number of aryl methyl sites for hydroxylation is 2. The van der Waals surface area contributed by atoms with Crippen molar-refractivity contribution >= 4 is 17.5 Å². The second-order valence-electron chi connectivity index (χ2n) is 6.61. The first kappa shape index (κ1) is 19.4. The topological polar surface area (TPSA) is 94.3 Å². The summed E-state index contributed by atoms with van der Waals surface area (Å²) in [5.74, 6) is 1.46. The number of carbonyl (C=O) groups is 1. The van der Waals surface area contributed by atoms with Crippen LogP contribution in [0.4, 0.5) is 0 Å². The molecule has 3 rings (SSSR count). The SMILES string of the molecule is Cc1cc(Cl)ccc1OCCN1CCN(C(=O)CCc2n[nH]c(=O)[nH]2)CC1. The highest BCUT2D eigenvalue weighted by atomic mass is 35.5. The molecule has 0 aliphatic carbocycles. The molecule has 27 heavy (non-hydrogen) atoms. The fourth-order valence-electron chi connectivity index (χ4n) is 3.09. The average Bonchev–Trinajstić information content (AvgIpc) is 3.07. The first-order valence-electron chi connectivity index (χ1n) is 9.04. The van der Waals surface area contributed by atoms with Crippen molar-refractivity contribution in [2.24, 2.45) is 0 Å². The number of carbonyl (C=O) groups excluding carboxylic acids is 1. The van der Waals surface area contributed by atoms with Gasteiger partial charge in [-0.15, -0.1) is 0 Å². The molecule has 1 fully saturated rings. The highest BCUT2D eigenvalue weighted by molar-refractivity contribution is 6.30. The molecule has 1 amide bonds. The summed E-state index contributed by atoms with van der Waals surface area (Å²) < 4.78 is 5.84. The molecule has 1 aliphatic heterocycles. The van der Waals surface area contributed by atoms with Gasteiger partial charge in [0.2, 0.25) is 5.91 Å². The van der Waals surface area contributed by atoms with E-state index in [1.807, 2.05) is 30.0 Å². The molecule has 2 aromatic rings. The van der Waals surface area contributed by atoms with Crippen LogP contribution < -0.4 is 10.4 Å². The molecule has 8 nitrogen and oxygen atoms in total. The third kappa shape index (κ3) is 5.58. The van der Waals surface area contributed by atoms with Crippen molar-refractivity contribution in [1.82, 2.24) is 25.0 Å². The first-order valence-corrected chi connectivity index (χ1v) is 9.42. The Kier molecular flexibility index (Phi) is 6.52. The van der Waals surface area contributed by atoms with Crippen LogP contribution in [0.25, 0.3) is 0 Å². The van der Waals surface area contributed by atoms with E-state index in [0.717, 1.165) is 30.9 Å². The lowest BCUT2D eigenvalue weighted by Crippen LogP contribution is -2.49. The predicted molar refractivity (Wildman–Crippen MR) is 102 cm³/mol. The summed E-state index contributed by atoms with van der Waals surface area (Å²) in [5.41, 5.74) is 0.679. The summed E-state index contributed by atoms with van der Waals surface area (Å²) in [6.45, 7) is 6.46. The third-order valence-electron chi connectivity index (χ3n) is 4.65. The molecule has 0 saturated carbocycles. The van der Waals surface area contributed by atoms with Gasteiger partial charge in [-0.05, 0) is 30.7 Å². The smallest absolute Gasteiger partial charge is 0.340 e. The number of nitrogens with one attached hydrogen (secondary N) is 2. The quantitative estimate of drug-likeness (QED) is 0.737. The highest BCUT2D eigenvalue weighted by Gasteiger charge is 2.21. The molecule has 9 heteroatoms. The number of nitrogens with zero attached hydrogens (tertiary/aromatic N) is 3. The van der Waals surface area contributed by atoms with Gasteiger partial charge in [-0.2, -0.15) is 5.10 Å². The Bertz CT molecular complexity index is 826. The van der Waals surface area contributed by atoms with Crippen LogP contribution in [-0.4, -0.2) is 70.2 Å². The van der Waals surface area contributed by atoms with Gasteiger partial charge in [0.1, 0.15) is 18.2 Å². The molecule has 0 radical (unpaired) electrons. The molecular formula is C18H24ClN5O3. The van der Waals surface area contributed by atoms with Gasteiger partial charge in [0.25, 0.3) is 0 Å². The van der Waals surface area contributed by atoms with E-state index in [0.29, 0.717) is 43.4 Å². The summed E-state index contributed by atoms with van der Waals surface area (Å²) in [6.07, 6.45) is 0.784. The lowest BCUT2D eigenvalue weighted by Gasteiger charge is -2.34. The van der Waals surface area contributed by atoms with Crippen molar-refractivity contribution in [2.45, 2.75) is 19.8 Å². The van der Waals surface area contributed by atoms with E-state index in [1.54, 1.807) is 0 Å². The molecular weight excluding hydrogens is 370 g/mol. The maximum Gasteiger partial charge on any atom is 0.340 e. The van der Waals surface area contributed by atoms with Crippen molar-refractivity contribution in [2.75, 3.05) is 39.3 Å². The zero-order chi connectivity index (χ0) is 19.2. The molecule has 1 aromatic carbocycles. The van der Waals surface area contributed by atoms with Crippen LogP contribution >= 0.6 is 11.6 Å². The Morgan fingerprint density at radius 2 is 2.07 bits per heavy atom. The number of hydrogen-bond donors (Lipinski definition) is 2. The number of halogens is 1. The fraction of sp³-hybridized carbons (Fsp3) is 0.500. The van der Waals surface area contributed by atoms with Gasteiger partial charge < -0.3 is 9.64 Å². The molecule has 1 aromatic heterocycles. The van der Waals surface area contributed by atoms with Crippen molar-refractivity contribution < 1.29 is 9.53 Å². The minimum atomic E-state index is -0.345. The van der Waals surface area contributed by atoms with Crippen LogP contribution in [-0.2, 0) is 11.2 Å². The van der Waals surface area contributed by atoms with Gasteiger partial charge in [-0.1, -0.05) is 11.6 Å². The van der Waals surface area contributed by atoms with E-state index in [4.69, 9.17) is 16.3 Å². The maximum atomic E-state index is 12.3. The molecule has 0 spiro atoms. The zero-order valence-corrected chi connectivity index (χ0v) is 16.1. The van der Waals surface area contributed by atoms with Crippen molar-refractivity contribution in [3.63, 3.8) is 0 Å². The summed E-state index contributed by atoms with van der Waals surface area (Å²) in [6, 6.07) is 5.60. The number of ether oxygens (including phenoxy) is 1. The summed E-state index contributed by atoms with van der Waals surface area (Å²) in [4.78, 5) is 30.0. The Morgan fingerprint density at radius 3 is 2.74 bits per heavy atom. The van der Waals surface area contributed by atoms with Gasteiger partial charge in [0, 0.05) is 50.6 Å². The summed E-state index contributed by atoms with van der Waals surface area (Å²) in [5, 5.41) is 6.83. The Hall–Kier alpha value is -2.32. The summed E-state index contributed by atoms with van der Waals surface area (Å²) >= 11 is 5.95. The standard InChI is InChI=1S/C18H24ClN5O3/c1-13-12-14(19)2-3-15(13)27-11-10-23-6-8-24(9-7-23)17(25)5-4-16-20-18(26)22-21-16/h2-3,12H,4-11H2,1H3,(H2,20,21,22,26). The second kappa shape index (κ2) is 9.05. The second-order valence-corrected chi connectivity index (χ2v) is 7.04.